The van der Waals surface area contributed by atoms with Crippen LogP contribution in [0.5, 0.6) is 0 Å². The molecule has 0 aliphatic heterocycles. The van der Waals surface area contributed by atoms with Gasteiger partial charge in [0.1, 0.15) is 6.04 Å². The smallest absolute Gasteiger partial charge is 0.315 e. The average Bonchev–Trinajstić information content (AvgIpc) is 2.24. The van der Waals surface area contributed by atoms with Crippen LogP contribution in [0.3, 0.4) is 0 Å². The summed E-state index contributed by atoms with van der Waals surface area (Å²) in [4.78, 5) is 32.7. The highest BCUT2D eigenvalue weighted by Crippen LogP contribution is 1.87. The summed E-state index contributed by atoms with van der Waals surface area (Å²) in [5.41, 5.74) is 0. The number of amides is 3. The molecule has 0 aliphatic carbocycles. The Kier molecular flexibility index (Phi) is 7.49. The Morgan fingerprint density at radius 3 is 2.41 bits per heavy atom. The summed E-state index contributed by atoms with van der Waals surface area (Å²) >= 11 is 0. The minimum atomic E-state index is -0.900. The van der Waals surface area contributed by atoms with Crippen LogP contribution in [-0.4, -0.2) is 42.1 Å². The van der Waals surface area contributed by atoms with Crippen molar-refractivity contribution in [3.05, 3.63) is 0 Å². The van der Waals surface area contributed by atoms with E-state index >= 15 is 0 Å². The summed E-state index contributed by atoms with van der Waals surface area (Å²) in [5, 5.41) is 15.9. The van der Waals surface area contributed by atoms with Crippen LogP contribution in [0.2, 0.25) is 0 Å². The Morgan fingerprint density at radius 1 is 1.24 bits per heavy atom. The zero-order valence-corrected chi connectivity index (χ0v) is 10.1. The number of carbonyl (C=O) groups excluding carboxylic acids is 2. The number of nitrogens with one attached hydrogen (secondary N) is 3. The minimum absolute atomic E-state index is 0.00611. The van der Waals surface area contributed by atoms with Crippen LogP contribution in [0.1, 0.15) is 26.7 Å². The van der Waals surface area contributed by atoms with Crippen LogP contribution in [0.25, 0.3) is 0 Å². The van der Waals surface area contributed by atoms with Gasteiger partial charge in [0.15, 0.2) is 0 Å². The number of carboxylic acids is 1. The average molecular weight is 245 g/mol. The van der Waals surface area contributed by atoms with Crippen LogP contribution in [-0.2, 0) is 9.59 Å². The van der Waals surface area contributed by atoms with Gasteiger partial charge in [-0.05, 0) is 20.3 Å². The van der Waals surface area contributed by atoms with Crippen LogP contribution in [0.15, 0.2) is 0 Å². The van der Waals surface area contributed by atoms with Crippen molar-refractivity contribution in [3.63, 3.8) is 0 Å². The number of aliphatic carboxylic acids is 1. The molecular weight excluding hydrogens is 226 g/mol. The van der Waals surface area contributed by atoms with Gasteiger partial charge in [-0.25, -0.2) is 4.79 Å². The molecule has 0 heterocycles. The molecule has 0 bridgehead atoms. The van der Waals surface area contributed by atoms with Crippen molar-refractivity contribution in [1.29, 1.82) is 0 Å². The van der Waals surface area contributed by atoms with Gasteiger partial charge in [0.2, 0.25) is 5.91 Å². The molecule has 7 nitrogen and oxygen atoms in total. The lowest BCUT2D eigenvalue weighted by atomic mass is 10.3. The third-order valence-corrected chi connectivity index (χ3v) is 1.94. The maximum atomic E-state index is 11.3. The Bertz CT molecular complexity index is 281. The van der Waals surface area contributed by atoms with Crippen LogP contribution >= 0.6 is 0 Å². The first kappa shape index (κ1) is 15.2. The van der Waals surface area contributed by atoms with Gasteiger partial charge < -0.3 is 21.1 Å². The fourth-order valence-electron chi connectivity index (χ4n) is 1.08. The molecule has 1 unspecified atom stereocenters. The lowest BCUT2D eigenvalue weighted by Gasteiger charge is -2.13. The Balaban J connectivity index is 3.71. The molecule has 0 radical (unpaired) electrons. The highest BCUT2D eigenvalue weighted by Gasteiger charge is 2.13. The van der Waals surface area contributed by atoms with E-state index in [4.69, 9.17) is 5.11 Å². The van der Waals surface area contributed by atoms with E-state index < -0.39 is 18.0 Å². The third kappa shape index (κ3) is 8.06. The maximum Gasteiger partial charge on any atom is 0.315 e. The van der Waals surface area contributed by atoms with Gasteiger partial charge in [0, 0.05) is 19.5 Å². The number of carboxylic acid groups (broad SMARTS) is 1. The van der Waals surface area contributed by atoms with Crippen molar-refractivity contribution in [1.82, 2.24) is 16.0 Å². The van der Waals surface area contributed by atoms with E-state index in [1.54, 1.807) is 13.8 Å². The van der Waals surface area contributed by atoms with E-state index in [0.29, 0.717) is 13.0 Å². The molecule has 0 spiro atoms. The lowest BCUT2D eigenvalue weighted by Crippen LogP contribution is -2.48. The van der Waals surface area contributed by atoms with Crippen molar-refractivity contribution in [2.75, 3.05) is 13.1 Å². The van der Waals surface area contributed by atoms with E-state index in [1.807, 2.05) is 0 Å². The molecule has 0 aliphatic rings. The number of rotatable bonds is 7. The number of hydrogen-bond donors (Lipinski definition) is 4. The van der Waals surface area contributed by atoms with Gasteiger partial charge in [0.05, 0.1) is 0 Å². The van der Waals surface area contributed by atoms with Crippen molar-refractivity contribution in [2.45, 2.75) is 32.7 Å². The number of urea groups is 1. The van der Waals surface area contributed by atoms with Gasteiger partial charge in [-0.3, -0.25) is 9.59 Å². The molecule has 0 rings (SSSR count). The van der Waals surface area contributed by atoms with E-state index in [9.17, 15) is 14.4 Å². The quantitative estimate of drug-likeness (QED) is 0.461. The summed E-state index contributed by atoms with van der Waals surface area (Å²) in [7, 11) is 0. The first-order chi connectivity index (χ1) is 7.97. The molecule has 0 saturated heterocycles. The van der Waals surface area contributed by atoms with Crippen LogP contribution < -0.4 is 16.0 Å². The summed E-state index contributed by atoms with van der Waals surface area (Å²) in [6.45, 7) is 4.13. The van der Waals surface area contributed by atoms with Crippen molar-refractivity contribution < 1.29 is 19.5 Å². The molecule has 0 aromatic rings. The topological polar surface area (TPSA) is 108 Å². The van der Waals surface area contributed by atoms with Crippen molar-refractivity contribution >= 4 is 17.9 Å². The number of likely N-dealkylation sites (N-methyl/N-ethyl adjacent to an activating group) is 1. The zero-order chi connectivity index (χ0) is 13.3. The van der Waals surface area contributed by atoms with Gasteiger partial charge in [-0.15, -0.1) is 0 Å². The molecule has 0 fully saturated rings. The lowest BCUT2D eigenvalue weighted by molar-refractivity contribution is -0.137. The molecule has 1 atom stereocenters. The molecule has 4 N–H and O–H groups in total. The molecule has 3 amide bonds. The molecule has 0 saturated carbocycles. The first-order valence-corrected chi connectivity index (χ1v) is 5.51. The Morgan fingerprint density at radius 2 is 1.88 bits per heavy atom. The van der Waals surface area contributed by atoms with E-state index in [-0.39, 0.29) is 18.9 Å². The van der Waals surface area contributed by atoms with Gasteiger partial charge in [-0.2, -0.15) is 0 Å². The number of hydrogen-bond acceptors (Lipinski definition) is 3. The largest absolute Gasteiger partial charge is 0.481 e. The summed E-state index contributed by atoms with van der Waals surface area (Å²) in [6, 6.07) is -1.09. The molecule has 0 aromatic heterocycles. The van der Waals surface area contributed by atoms with Crippen LogP contribution in [0.4, 0.5) is 4.79 Å². The number of carbonyl (C=O) groups is 3. The highest BCUT2D eigenvalue weighted by atomic mass is 16.4. The Labute approximate surface area is 100.0 Å². The second-order valence-electron chi connectivity index (χ2n) is 3.51. The summed E-state index contributed by atoms with van der Waals surface area (Å²) < 4.78 is 0. The SMILES string of the molecule is CCNC(=O)C(C)NC(=O)NCCCC(=O)O. The van der Waals surface area contributed by atoms with Crippen molar-refractivity contribution in [3.8, 4) is 0 Å². The van der Waals surface area contributed by atoms with Crippen molar-refractivity contribution in [2.24, 2.45) is 0 Å². The van der Waals surface area contributed by atoms with Gasteiger partial charge in [0.25, 0.3) is 0 Å². The Hall–Kier alpha value is -1.79. The van der Waals surface area contributed by atoms with E-state index in [1.165, 1.54) is 0 Å². The highest BCUT2D eigenvalue weighted by molar-refractivity contribution is 5.86. The fraction of sp³-hybridized carbons (Fsp3) is 0.700. The minimum Gasteiger partial charge on any atom is -0.481 e. The molecule has 17 heavy (non-hydrogen) atoms. The van der Waals surface area contributed by atoms with Gasteiger partial charge >= 0.3 is 12.0 Å². The summed E-state index contributed by atoms with van der Waals surface area (Å²) in [6.07, 6.45) is 0.366. The standard InChI is InChI=1S/C10H19N3O4/c1-3-11-9(16)7(2)13-10(17)12-6-4-5-8(14)15/h7H,3-6H2,1-2H3,(H,11,16)(H,14,15)(H2,12,13,17). The monoisotopic (exact) mass is 245 g/mol. The predicted molar refractivity (Wildman–Crippen MR) is 61.5 cm³/mol. The van der Waals surface area contributed by atoms with Gasteiger partial charge in [-0.1, -0.05) is 0 Å². The molecule has 7 heteroatoms. The van der Waals surface area contributed by atoms with E-state index in [2.05, 4.69) is 16.0 Å². The summed E-state index contributed by atoms with van der Waals surface area (Å²) in [5.74, 6) is -1.16. The van der Waals surface area contributed by atoms with E-state index in [0.717, 1.165) is 0 Å². The van der Waals surface area contributed by atoms with Crippen LogP contribution in [0, 0.1) is 0 Å². The third-order valence-electron chi connectivity index (χ3n) is 1.94. The zero-order valence-electron chi connectivity index (χ0n) is 10.1. The first-order valence-electron chi connectivity index (χ1n) is 5.51. The maximum absolute atomic E-state index is 11.3. The second-order valence-corrected chi connectivity index (χ2v) is 3.51. The second kappa shape index (κ2) is 8.37. The fourth-order valence-corrected chi connectivity index (χ4v) is 1.08. The molecule has 98 valence electrons. The normalized spacial score (nSPS) is 11.4. The predicted octanol–water partition coefficient (Wildman–Crippen LogP) is -0.325. The molecular formula is C10H19N3O4. The molecule has 0 aromatic carbocycles.